The van der Waals surface area contributed by atoms with Crippen molar-refractivity contribution in [2.75, 3.05) is 19.1 Å². The zero-order valence-corrected chi connectivity index (χ0v) is 14.6. The van der Waals surface area contributed by atoms with E-state index in [1.165, 1.54) is 0 Å². The Bertz CT molecular complexity index is 866. The minimum Gasteiger partial charge on any atom is -0.496 e. The summed E-state index contributed by atoms with van der Waals surface area (Å²) in [5.41, 5.74) is 1.70. The van der Waals surface area contributed by atoms with Crippen LogP contribution in [0.5, 0.6) is 5.75 Å². The van der Waals surface area contributed by atoms with Crippen LogP contribution >= 0.6 is 0 Å². The molecule has 6 nitrogen and oxygen atoms in total. The van der Waals surface area contributed by atoms with Gasteiger partial charge in [-0.15, -0.1) is 0 Å². The molecule has 0 radical (unpaired) electrons. The van der Waals surface area contributed by atoms with Crippen molar-refractivity contribution >= 4 is 11.7 Å². The molecule has 0 spiro atoms. The molecular weight excluding hydrogens is 318 g/mol. The summed E-state index contributed by atoms with van der Waals surface area (Å²) in [5, 5.41) is 7.22. The second kappa shape index (κ2) is 7.25. The second-order valence-corrected chi connectivity index (χ2v) is 5.81. The molecule has 25 heavy (non-hydrogen) atoms. The third-order valence-electron chi connectivity index (χ3n) is 4.06. The lowest BCUT2D eigenvalue weighted by molar-refractivity contribution is -0.118. The number of carbonyl (C=O) groups excluding carboxylic acids is 1. The molecule has 3 aromatic rings. The van der Waals surface area contributed by atoms with E-state index in [1.54, 1.807) is 19.1 Å². The third-order valence-corrected chi connectivity index (χ3v) is 4.06. The number of para-hydroxylation sites is 1. The van der Waals surface area contributed by atoms with Crippen molar-refractivity contribution in [2.45, 2.75) is 19.8 Å². The van der Waals surface area contributed by atoms with Gasteiger partial charge in [0.05, 0.1) is 12.8 Å². The summed E-state index contributed by atoms with van der Waals surface area (Å²) in [6, 6.07) is 13.3. The predicted molar refractivity (Wildman–Crippen MR) is 95.8 cm³/mol. The van der Waals surface area contributed by atoms with Gasteiger partial charge in [-0.05, 0) is 31.2 Å². The van der Waals surface area contributed by atoms with Crippen LogP contribution in [0.3, 0.4) is 0 Å². The fraction of sp³-hybridized carbons (Fsp3) is 0.263. The minimum atomic E-state index is -0.0212. The van der Waals surface area contributed by atoms with Crippen LogP contribution in [0.25, 0.3) is 11.3 Å². The number of nitrogens with one attached hydrogen (secondary N) is 1. The number of nitrogens with zero attached hydrogens (tertiary/aromatic N) is 2. The number of methoxy groups -OCH3 is 1. The maximum atomic E-state index is 12.4. The number of ether oxygens (including phenoxy) is 1. The van der Waals surface area contributed by atoms with Crippen LogP contribution in [0.2, 0.25) is 0 Å². The monoisotopic (exact) mass is 339 g/mol. The molecule has 1 aromatic carbocycles. The Labute approximate surface area is 146 Å². The van der Waals surface area contributed by atoms with Gasteiger partial charge in [0.1, 0.15) is 17.3 Å². The van der Waals surface area contributed by atoms with E-state index in [2.05, 4.69) is 10.2 Å². The van der Waals surface area contributed by atoms with Crippen molar-refractivity contribution < 1.29 is 13.9 Å². The lowest BCUT2D eigenvalue weighted by Crippen LogP contribution is -2.26. The standard InChI is InChI=1S/C19H21N3O3/c1-13-8-9-14(25-13)10-11-19(23)22(2)18-12-16(20-21-18)15-6-4-5-7-17(15)24-3/h4-9,12H,10-11H2,1-3H3,(H,20,21). The molecule has 0 fully saturated rings. The Morgan fingerprint density at radius 1 is 1.28 bits per heavy atom. The Hall–Kier alpha value is -3.02. The molecule has 2 aromatic heterocycles. The van der Waals surface area contributed by atoms with E-state index < -0.39 is 0 Å². The Morgan fingerprint density at radius 2 is 2.08 bits per heavy atom. The number of aryl methyl sites for hydroxylation is 2. The van der Waals surface area contributed by atoms with E-state index in [0.717, 1.165) is 28.5 Å². The number of rotatable bonds is 6. The predicted octanol–water partition coefficient (Wildman–Crippen LogP) is 3.58. The smallest absolute Gasteiger partial charge is 0.228 e. The number of carbonyl (C=O) groups is 1. The summed E-state index contributed by atoms with van der Waals surface area (Å²) in [5.74, 6) is 2.97. The lowest BCUT2D eigenvalue weighted by Gasteiger charge is -2.13. The Balaban J connectivity index is 1.69. The summed E-state index contributed by atoms with van der Waals surface area (Å²) >= 11 is 0. The molecule has 0 saturated carbocycles. The Morgan fingerprint density at radius 3 is 2.80 bits per heavy atom. The van der Waals surface area contributed by atoms with E-state index >= 15 is 0 Å². The van der Waals surface area contributed by atoms with Gasteiger partial charge in [0.2, 0.25) is 5.91 Å². The molecule has 130 valence electrons. The van der Waals surface area contributed by atoms with Gasteiger partial charge in [-0.25, -0.2) is 0 Å². The molecular formula is C19H21N3O3. The summed E-state index contributed by atoms with van der Waals surface area (Å²) in [6.07, 6.45) is 0.932. The molecule has 1 amide bonds. The molecule has 0 atom stereocenters. The van der Waals surface area contributed by atoms with Gasteiger partial charge in [-0.2, -0.15) is 5.10 Å². The van der Waals surface area contributed by atoms with Crippen molar-refractivity contribution in [1.82, 2.24) is 10.2 Å². The van der Waals surface area contributed by atoms with Crippen molar-refractivity contribution in [1.29, 1.82) is 0 Å². The van der Waals surface area contributed by atoms with Crippen molar-refractivity contribution in [3.63, 3.8) is 0 Å². The maximum absolute atomic E-state index is 12.4. The summed E-state index contributed by atoms with van der Waals surface area (Å²) in [6.45, 7) is 1.89. The molecule has 1 N–H and O–H groups in total. The first kappa shape index (κ1) is 16.8. The number of aromatic nitrogens is 2. The van der Waals surface area contributed by atoms with Gasteiger partial charge in [0.25, 0.3) is 0 Å². The molecule has 2 heterocycles. The number of hydrogen-bond acceptors (Lipinski definition) is 4. The summed E-state index contributed by atoms with van der Waals surface area (Å²) in [4.78, 5) is 13.9. The number of aromatic amines is 1. The van der Waals surface area contributed by atoms with E-state index in [1.807, 2.05) is 49.4 Å². The van der Waals surface area contributed by atoms with Crippen molar-refractivity contribution in [2.24, 2.45) is 0 Å². The first-order valence-corrected chi connectivity index (χ1v) is 8.09. The number of amides is 1. The zero-order valence-electron chi connectivity index (χ0n) is 14.6. The van der Waals surface area contributed by atoms with Crippen LogP contribution in [-0.4, -0.2) is 30.3 Å². The fourth-order valence-corrected chi connectivity index (χ4v) is 2.63. The van der Waals surface area contributed by atoms with Gasteiger partial charge < -0.3 is 9.15 Å². The van der Waals surface area contributed by atoms with Crippen LogP contribution in [0.15, 0.2) is 46.9 Å². The average Bonchev–Trinajstić information content (AvgIpc) is 3.28. The largest absolute Gasteiger partial charge is 0.496 e. The number of benzene rings is 1. The molecule has 0 unspecified atom stereocenters. The SMILES string of the molecule is COc1ccccc1-c1cc(N(C)C(=O)CCc2ccc(C)o2)n[nH]1. The van der Waals surface area contributed by atoms with Gasteiger partial charge in [-0.3, -0.25) is 14.8 Å². The Kier molecular flexibility index (Phi) is 4.88. The highest BCUT2D eigenvalue weighted by Gasteiger charge is 2.16. The quantitative estimate of drug-likeness (QED) is 0.745. The maximum Gasteiger partial charge on any atom is 0.228 e. The van der Waals surface area contributed by atoms with Crippen molar-refractivity contribution in [3.05, 3.63) is 54.0 Å². The van der Waals surface area contributed by atoms with Crippen LogP contribution < -0.4 is 9.64 Å². The third kappa shape index (κ3) is 3.74. The number of furan rings is 1. The second-order valence-electron chi connectivity index (χ2n) is 5.81. The summed E-state index contributed by atoms with van der Waals surface area (Å²) < 4.78 is 10.9. The molecule has 0 saturated heterocycles. The van der Waals surface area contributed by atoms with Gasteiger partial charge >= 0.3 is 0 Å². The zero-order chi connectivity index (χ0) is 17.8. The number of anilines is 1. The van der Waals surface area contributed by atoms with Gasteiger partial charge in [-0.1, -0.05) is 12.1 Å². The minimum absolute atomic E-state index is 0.0212. The van der Waals surface area contributed by atoms with Crippen LogP contribution in [0.4, 0.5) is 5.82 Å². The molecule has 0 aliphatic heterocycles. The first-order chi connectivity index (χ1) is 12.1. The van der Waals surface area contributed by atoms with E-state index in [-0.39, 0.29) is 5.91 Å². The average molecular weight is 339 g/mol. The van der Waals surface area contributed by atoms with Crippen LogP contribution in [0.1, 0.15) is 17.9 Å². The van der Waals surface area contributed by atoms with Gasteiger partial charge in [0.15, 0.2) is 5.82 Å². The number of hydrogen-bond donors (Lipinski definition) is 1. The normalized spacial score (nSPS) is 10.7. The molecule has 0 aliphatic carbocycles. The molecule has 0 bridgehead atoms. The highest BCUT2D eigenvalue weighted by atomic mass is 16.5. The van der Waals surface area contributed by atoms with Gasteiger partial charge in [0, 0.05) is 31.5 Å². The van der Waals surface area contributed by atoms with E-state index in [0.29, 0.717) is 18.7 Å². The van der Waals surface area contributed by atoms with Crippen molar-refractivity contribution in [3.8, 4) is 17.0 Å². The van der Waals surface area contributed by atoms with Crippen LogP contribution in [-0.2, 0) is 11.2 Å². The van der Waals surface area contributed by atoms with E-state index in [9.17, 15) is 4.79 Å². The molecule has 6 heteroatoms. The highest BCUT2D eigenvalue weighted by molar-refractivity contribution is 5.92. The molecule has 3 rings (SSSR count). The summed E-state index contributed by atoms with van der Waals surface area (Å²) in [7, 11) is 3.35. The lowest BCUT2D eigenvalue weighted by atomic mass is 10.1. The van der Waals surface area contributed by atoms with E-state index in [4.69, 9.17) is 9.15 Å². The highest BCUT2D eigenvalue weighted by Crippen LogP contribution is 2.30. The topological polar surface area (TPSA) is 71.4 Å². The van der Waals surface area contributed by atoms with Crippen LogP contribution in [0, 0.1) is 6.92 Å². The fourth-order valence-electron chi connectivity index (χ4n) is 2.63. The number of H-pyrrole nitrogens is 1. The molecule has 0 aliphatic rings. The first-order valence-electron chi connectivity index (χ1n) is 8.09.